The van der Waals surface area contributed by atoms with Crippen LogP contribution in [0.2, 0.25) is 0 Å². The lowest BCUT2D eigenvalue weighted by molar-refractivity contribution is -0.137. The van der Waals surface area contributed by atoms with E-state index in [9.17, 15) is 9.59 Å². The van der Waals surface area contributed by atoms with E-state index in [1.165, 1.54) is 0 Å². The van der Waals surface area contributed by atoms with Crippen LogP contribution in [0.4, 0.5) is 0 Å². The summed E-state index contributed by atoms with van der Waals surface area (Å²) >= 11 is 0. The molecule has 1 rings (SSSR count). The fraction of sp³-hybridized carbons (Fsp3) is 0.368. The van der Waals surface area contributed by atoms with Gasteiger partial charge in [-0.2, -0.15) is 0 Å². The second-order valence-electron chi connectivity index (χ2n) is 4.68. The molecule has 0 spiro atoms. The van der Waals surface area contributed by atoms with Gasteiger partial charge in [-0.15, -0.1) is 0 Å². The zero-order valence-electron chi connectivity index (χ0n) is 14.0. The van der Waals surface area contributed by atoms with Crippen molar-refractivity contribution in [1.29, 1.82) is 0 Å². The van der Waals surface area contributed by atoms with Crippen LogP contribution < -0.4 is 0 Å². The molecule has 0 unspecified atom stereocenters. The van der Waals surface area contributed by atoms with Crippen molar-refractivity contribution < 1.29 is 19.1 Å². The molecule has 0 heterocycles. The summed E-state index contributed by atoms with van der Waals surface area (Å²) in [7, 11) is 0. The second kappa shape index (κ2) is 11.8. The van der Waals surface area contributed by atoms with E-state index in [4.69, 9.17) is 9.47 Å². The van der Waals surface area contributed by atoms with Crippen LogP contribution in [-0.4, -0.2) is 43.1 Å². The third kappa shape index (κ3) is 8.63. The minimum Gasteiger partial charge on any atom is -0.456 e. The smallest absolute Gasteiger partial charge is 0.384 e. The maximum Gasteiger partial charge on any atom is 0.384 e. The molecule has 0 fully saturated rings. The average molecular weight is 327 g/mol. The predicted molar refractivity (Wildman–Crippen MR) is 90.5 cm³/mol. The molecule has 0 aliphatic heterocycles. The molecule has 0 N–H and O–H groups in total. The highest BCUT2D eigenvalue weighted by Crippen LogP contribution is 2.03. The number of esters is 2. The van der Waals surface area contributed by atoms with Gasteiger partial charge in [-0.25, -0.2) is 9.59 Å². The minimum absolute atomic E-state index is 0.298. The predicted octanol–water partition coefficient (Wildman–Crippen LogP) is 1.62. The molecule has 1 aromatic rings. The van der Waals surface area contributed by atoms with Crippen LogP contribution in [0.5, 0.6) is 0 Å². The molecule has 0 saturated carbocycles. The Kier molecular flexibility index (Phi) is 9.45. The fourth-order valence-electron chi connectivity index (χ4n) is 1.79. The number of hydrogen-bond acceptors (Lipinski definition) is 5. The molecule has 0 aromatic heterocycles. The average Bonchev–Trinajstić information content (AvgIpc) is 2.56. The Morgan fingerprint density at radius 1 is 0.917 bits per heavy atom. The van der Waals surface area contributed by atoms with E-state index in [2.05, 4.69) is 23.7 Å². The molecule has 5 nitrogen and oxygen atoms in total. The number of carbonyl (C=O) groups excluding carboxylic acids is 2. The lowest BCUT2D eigenvalue weighted by Gasteiger charge is -2.16. The molecule has 126 valence electrons. The van der Waals surface area contributed by atoms with Gasteiger partial charge in [0.1, 0.15) is 0 Å². The highest BCUT2D eigenvalue weighted by molar-refractivity contribution is 5.88. The summed E-state index contributed by atoms with van der Waals surface area (Å²) in [6.45, 7) is 5.34. The number of carbonyl (C=O) groups is 2. The summed E-state index contributed by atoms with van der Waals surface area (Å²) in [5, 5.41) is 0. The van der Waals surface area contributed by atoms with Gasteiger partial charge in [-0.3, -0.25) is 4.90 Å². The summed E-state index contributed by atoms with van der Waals surface area (Å²) < 4.78 is 9.52. The van der Waals surface area contributed by atoms with Crippen molar-refractivity contribution in [2.75, 3.05) is 26.3 Å². The number of nitrogens with zero attached hydrogens (tertiary/aromatic N) is 1. The van der Waals surface area contributed by atoms with Crippen LogP contribution in [0.25, 0.3) is 0 Å². The van der Waals surface area contributed by atoms with Gasteiger partial charge in [0.2, 0.25) is 0 Å². The van der Waals surface area contributed by atoms with Crippen molar-refractivity contribution >= 4 is 11.9 Å². The number of hydrogen-bond donors (Lipinski definition) is 0. The van der Waals surface area contributed by atoms with Crippen LogP contribution in [0.15, 0.2) is 30.3 Å². The maximum absolute atomic E-state index is 11.3. The van der Waals surface area contributed by atoms with Crippen molar-refractivity contribution in [3.8, 4) is 23.7 Å². The van der Waals surface area contributed by atoms with Crippen LogP contribution >= 0.6 is 0 Å². The largest absolute Gasteiger partial charge is 0.456 e. The third-order valence-corrected chi connectivity index (χ3v) is 2.79. The van der Waals surface area contributed by atoms with Gasteiger partial charge in [0, 0.05) is 18.4 Å². The highest BCUT2D eigenvalue weighted by atomic mass is 16.5. The highest BCUT2D eigenvalue weighted by Gasteiger charge is 2.04. The van der Waals surface area contributed by atoms with Gasteiger partial charge in [0.25, 0.3) is 0 Å². The lowest BCUT2D eigenvalue weighted by atomic mass is 10.2. The molecule has 24 heavy (non-hydrogen) atoms. The second-order valence-corrected chi connectivity index (χ2v) is 4.68. The molecule has 0 amide bonds. The molecule has 0 radical (unpaired) electrons. The molecule has 1 aromatic carbocycles. The van der Waals surface area contributed by atoms with Gasteiger partial charge in [-0.05, 0) is 19.4 Å². The molecule has 0 bridgehead atoms. The van der Waals surface area contributed by atoms with Crippen LogP contribution in [0, 0.1) is 23.7 Å². The summed E-state index contributed by atoms with van der Waals surface area (Å²) in [6, 6.07) is 9.81. The molecule has 0 aliphatic carbocycles. The minimum atomic E-state index is -0.547. The van der Waals surface area contributed by atoms with Crippen molar-refractivity contribution in [3.63, 3.8) is 0 Å². The molecule has 0 saturated heterocycles. The Hall–Kier alpha value is -2.76. The van der Waals surface area contributed by atoms with Crippen molar-refractivity contribution in [2.45, 2.75) is 20.4 Å². The van der Waals surface area contributed by atoms with Gasteiger partial charge < -0.3 is 9.47 Å². The monoisotopic (exact) mass is 327 g/mol. The van der Waals surface area contributed by atoms with Crippen molar-refractivity contribution in [1.82, 2.24) is 4.90 Å². The number of benzene rings is 1. The van der Waals surface area contributed by atoms with Crippen molar-refractivity contribution in [3.05, 3.63) is 35.9 Å². The summed E-state index contributed by atoms with van der Waals surface area (Å²) in [6.07, 6.45) is 0. The summed E-state index contributed by atoms with van der Waals surface area (Å²) in [4.78, 5) is 24.4. The van der Waals surface area contributed by atoms with E-state index in [0.29, 0.717) is 32.8 Å². The molecule has 5 heteroatoms. The third-order valence-electron chi connectivity index (χ3n) is 2.79. The molecule has 0 aliphatic rings. The van der Waals surface area contributed by atoms with E-state index >= 15 is 0 Å². The van der Waals surface area contributed by atoms with E-state index < -0.39 is 11.9 Å². The Bertz CT molecular complexity index is 609. The van der Waals surface area contributed by atoms with Crippen LogP contribution in [0.1, 0.15) is 19.4 Å². The van der Waals surface area contributed by atoms with Crippen LogP contribution in [0.3, 0.4) is 0 Å². The van der Waals surface area contributed by atoms with E-state index in [-0.39, 0.29) is 0 Å². The van der Waals surface area contributed by atoms with Crippen LogP contribution in [-0.2, 0) is 25.6 Å². The first-order valence-electron chi connectivity index (χ1n) is 7.73. The lowest BCUT2D eigenvalue weighted by Crippen LogP contribution is -2.24. The standard InChI is InChI=1S/C19H21NO4/c1-3-23-18(21)12-8-14-20(15-9-13-19(22)24-4-2)16-17-10-6-5-7-11-17/h5-7,10-11H,3-4,14-16H2,1-2H3. The zero-order chi connectivity index (χ0) is 17.6. The van der Waals surface area contributed by atoms with E-state index in [1.54, 1.807) is 13.8 Å². The SMILES string of the molecule is CCOC(=O)C#CCN(CC#CC(=O)OCC)Cc1ccccc1. The molecular weight excluding hydrogens is 306 g/mol. The van der Waals surface area contributed by atoms with Gasteiger partial charge in [0.15, 0.2) is 0 Å². The normalized spacial score (nSPS) is 9.29. The van der Waals surface area contributed by atoms with Crippen molar-refractivity contribution in [2.24, 2.45) is 0 Å². The fourth-order valence-corrected chi connectivity index (χ4v) is 1.79. The van der Waals surface area contributed by atoms with E-state index in [0.717, 1.165) is 5.56 Å². The van der Waals surface area contributed by atoms with Gasteiger partial charge >= 0.3 is 11.9 Å². The van der Waals surface area contributed by atoms with E-state index in [1.807, 2.05) is 35.2 Å². The zero-order valence-corrected chi connectivity index (χ0v) is 14.0. The summed E-state index contributed by atoms with van der Waals surface area (Å²) in [5.41, 5.74) is 1.09. The first kappa shape index (κ1) is 19.3. The number of ether oxygens (including phenoxy) is 2. The Morgan fingerprint density at radius 2 is 1.42 bits per heavy atom. The summed E-state index contributed by atoms with van der Waals surface area (Å²) in [5.74, 6) is 9.30. The Labute approximate surface area is 142 Å². The molecular formula is C19H21NO4. The topological polar surface area (TPSA) is 55.8 Å². The Morgan fingerprint density at radius 3 is 1.88 bits per heavy atom. The first-order chi connectivity index (χ1) is 11.7. The Balaban J connectivity index is 2.68. The molecule has 0 atom stereocenters. The first-order valence-corrected chi connectivity index (χ1v) is 7.73. The quantitative estimate of drug-likeness (QED) is 0.451. The van der Waals surface area contributed by atoms with Gasteiger partial charge in [-0.1, -0.05) is 42.2 Å². The maximum atomic E-state index is 11.3. The van der Waals surface area contributed by atoms with Gasteiger partial charge in [0.05, 0.1) is 26.3 Å². The number of rotatable bonds is 6.